The third kappa shape index (κ3) is 6.96. The molecular weight excluding hydrogens is 464 g/mol. The quantitative estimate of drug-likeness (QED) is 0.392. The summed E-state index contributed by atoms with van der Waals surface area (Å²) in [5.74, 6) is 1.10. The molecule has 3 aromatic rings. The summed E-state index contributed by atoms with van der Waals surface area (Å²) >= 11 is 6.32. The van der Waals surface area contributed by atoms with Gasteiger partial charge in [-0.25, -0.2) is 0 Å². The summed E-state index contributed by atoms with van der Waals surface area (Å²) in [7, 11) is 0. The van der Waals surface area contributed by atoms with E-state index in [1.807, 2.05) is 49.4 Å². The number of halogens is 1. The molecule has 6 nitrogen and oxygen atoms in total. The number of nitrogens with zero attached hydrogens (tertiary/aromatic N) is 2. The van der Waals surface area contributed by atoms with Crippen molar-refractivity contribution in [2.24, 2.45) is 0 Å². The minimum atomic E-state index is -0.267. The van der Waals surface area contributed by atoms with Gasteiger partial charge >= 0.3 is 0 Å². The molecule has 184 valence electrons. The average Bonchev–Trinajstić information content (AvgIpc) is 3.53. The van der Waals surface area contributed by atoms with Crippen LogP contribution in [0.4, 0.5) is 0 Å². The molecule has 2 heterocycles. The van der Waals surface area contributed by atoms with Gasteiger partial charge in [0.05, 0.1) is 23.2 Å². The first kappa shape index (κ1) is 25.0. The molecule has 1 aromatic heterocycles. The zero-order valence-corrected chi connectivity index (χ0v) is 20.7. The van der Waals surface area contributed by atoms with E-state index in [0.717, 1.165) is 24.2 Å². The molecule has 1 saturated heterocycles. The summed E-state index contributed by atoms with van der Waals surface area (Å²) in [5, 5.41) is 0.370. The Balaban J connectivity index is 1.52. The number of carbonyl (C=O) groups is 2. The Labute approximate surface area is 211 Å². The van der Waals surface area contributed by atoms with Crippen LogP contribution in [-0.4, -0.2) is 54.0 Å². The summed E-state index contributed by atoms with van der Waals surface area (Å²) in [4.78, 5) is 30.4. The Bertz CT molecular complexity index is 1120. The Morgan fingerprint density at radius 2 is 1.77 bits per heavy atom. The van der Waals surface area contributed by atoms with Crippen molar-refractivity contribution in [3.63, 3.8) is 0 Å². The van der Waals surface area contributed by atoms with Crippen LogP contribution in [0.1, 0.15) is 40.3 Å². The van der Waals surface area contributed by atoms with Crippen LogP contribution in [0.3, 0.4) is 0 Å². The fourth-order valence-electron chi connectivity index (χ4n) is 4.28. The molecule has 2 aromatic carbocycles. The van der Waals surface area contributed by atoms with Gasteiger partial charge in [-0.15, -0.1) is 0 Å². The minimum absolute atomic E-state index is 0.0571. The second kappa shape index (κ2) is 12.0. The van der Waals surface area contributed by atoms with Crippen molar-refractivity contribution in [1.29, 1.82) is 0 Å². The molecule has 0 aliphatic carbocycles. The van der Waals surface area contributed by atoms with E-state index in [1.165, 1.54) is 0 Å². The highest BCUT2D eigenvalue weighted by Crippen LogP contribution is 2.20. The van der Waals surface area contributed by atoms with Crippen molar-refractivity contribution in [3.8, 4) is 0 Å². The van der Waals surface area contributed by atoms with Gasteiger partial charge in [0.2, 0.25) is 5.91 Å². The molecule has 0 unspecified atom stereocenters. The van der Waals surface area contributed by atoms with E-state index < -0.39 is 0 Å². The lowest BCUT2D eigenvalue weighted by molar-refractivity contribution is -0.133. The van der Waals surface area contributed by atoms with Crippen LogP contribution in [0, 0.1) is 6.92 Å². The predicted octanol–water partition coefficient (Wildman–Crippen LogP) is 5.13. The van der Waals surface area contributed by atoms with Crippen molar-refractivity contribution in [1.82, 2.24) is 9.80 Å². The van der Waals surface area contributed by atoms with Crippen LogP contribution < -0.4 is 0 Å². The maximum atomic E-state index is 13.6. The Kier molecular flexibility index (Phi) is 8.61. The topological polar surface area (TPSA) is 63.0 Å². The number of benzene rings is 2. The predicted molar refractivity (Wildman–Crippen MR) is 135 cm³/mol. The molecule has 1 atom stereocenters. The highest BCUT2D eigenvalue weighted by atomic mass is 35.5. The summed E-state index contributed by atoms with van der Waals surface area (Å²) in [5.41, 5.74) is 1.53. The molecule has 0 spiro atoms. The van der Waals surface area contributed by atoms with Gasteiger partial charge in [-0.05, 0) is 56.0 Å². The largest absolute Gasteiger partial charge is 0.464 e. The summed E-state index contributed by atoms with van der Waals surface area (Å²) in [6.45, 7) is 3.70. The maximum absolute atomic E-state index is 13.6. The molecule has 35 heavy (non-hydrogen) atoms. The lowest BCUT2D eigenvalue weighted by atomic mass is 10.1. The average molecular weight is 495 g/mol. The molecule has 0 saturated carbocycles. The molecular formula is C28H31ClN2O4. The molecule has 7 heteroatoms. The lowest BCUT2D eigenvalue weighted by Crippen LogP contribution is -2.46. The third-order valence-corrected chi connectivity index (χ3v) is 6.50. The van der Waals surface area contributed by atoms with Crippen LogP contribution in [0.15, 0.2) is 71.1 Å². The molecule has 0 bridgehead atoms. The monoisotopic (exact) mass is 494 g/mol. The van der Waals surface area contributed by atoms with Crippen molar-refractivity contribution < 1.29 is 18.7 Å². The van der Waals surface area contributed by atoms with E-state index in [1.54, 1.807) is 34.1 Å². The summed E-state index contributed by atoms with van der Waals surface area (Å²) in [6.07, 6.45) is 2.44. The number of hydrogen-bond acceptors (Lipinski definition) is 4. The lowest BCUT2D eigenvalue weighted by Gasteiger charge is -2.29. The number of hydrogen-bond donors (Lipinski definition) is 0. The fourth-order valence-corrected chi connectivity index (χ4v) is 4.50. The van der Waals surface area contributed by atoms with Crippen LogP contribution in [0.5, 0.6) is 0 Å². The number of aryl methyl sites for hydroxylation is 1. The van der Waals surface area contributed by atoms with E-state index in [9.17, 15) is 9.59 Å². The zero-order valence-electron chi connectivity index (χ0n) is 20.0. The first-order valence-electron chi connectivity index (χ1n) is 12.0. The number of ether oxygens (including phenoxy) is 1. The van der Waals surface area contributed by atoms with Gasteiger partial charge in [0.1, 0.15) is 18.1 Å². The van der Waals surface area contributed by atoms with Crippen LogP contribution in [-0.2, 0) is 22.5 Å². The molecule has 1 fully saturated rings. The second-order valence-electron chi connectivity index (χ2n) is 8.86. The van der Waals surface area contributed by atoms with E-state index in [4.69, 9.17) is 20.8 Å². The molecule has 1 aliphatic rings. The fraction of sp³-hybridized carbons (Fsp3) is 0.357. The summed E-state index contributed by atoms with van der Waals surface area (Å²) < 4.78 is 11.5. The number of rotatable bonds is 10. The highest BCUT2D eigenvalue weighted by molar-refractivity contribution is 6.33. The van der Waals surface area contributed by atoms with E-state index in [-0.39, 0.29) is 24.5 Å². The van der Waals surface area contributed by atoms with Gasteiger partial charge < -0.3 is 19.0 Å². The van der Waals surface area contributed by atoms with E-state index >= 15 is 0 Å². The number of carbonyl (C=O) groups excluding carboxylic acids is 2. The number of furan rings is 1. The standard InChI is InChI=1S/C28H31ClN2O4/c1-21-13-14-24(35-21)19-30(16-15-22-8-3-2-4-9-22)27(32)20-31(18-23-10-7-17-34-23)28(33)25-11-5-6-12-26(25)29/h2-6,8-9,11-14,23H,7,10,15-20H2,1H3/t23-/m0/s1. The molecule has 0 N–H and O–H groups in total. The van der Waals surface area contributed by atoms with Crippen molar-refractivity contribution in [2.75, 3.05) is 26.2 Å². The first-order valence-corrected chi connectivity index (χ1v) is 12.4. The maximum Gasteiger partial charge on any atom is 0.255 e. The van der Waals surface area contributed by atoms with Gasteiger partial charge in [0.25, 0.3) is 5.91 Å². The van der Waals surface area contributed by atoms with Gasteiger partial charge in [0, 0.05) is 19.7 Å². The Hall–Kier alpha value is -3.09. The zero-order chi connectivity index (χ0) is 24.6. The van der Waals surface area contributed by atoms with Gasteiger partial charge in [-0.3, -0.25) is 9.59 Å². The molecule has 0 radical (unpaired) electrons. The second-order valence-corrected chi connectivity index (χ2v) is 9.27. The normalized spacial score (nSPS) is 15.2. The van der Waals surface area contributed by atoms with Crippen molar-refractivity contribution >= 4 is 23.4 Å². The number of amides is 2. The van der Waals surface area contributed by atoms with Gasteiger partial charge in [-0.1, -0.05) is 54.1 Å². The SMILES string of the molecule is Cc1ccc(CN(CCc2ccccc2)C(=O)CN(C[C@@H]2CCCO2)C(=O)c2ccccc2Cl)o1. The summed E-state index contributed by atoms with van der Waals surface area (Å²) in [6, 6.07) is 20.8. The molecule has 4 rings (SSSR count). The smallest absolute Gasteiger partial charge is 0.255 e. The molecule has 2 amide bonds. The molecule has 1 aliphatic heterocycles. The Morgan fingerprint density at radius 3 is 2.46 bits per heavy atom. The van der Waals surface area contributed by atoms with Crippen LogP contribution in [0.25, 0.3) is 0 Å². The van der Waals surface area contributed by atoms with Gasteiger partial charge in [0.15, 0.2) is 0 Å². The highest BCUT2D eigenvalue weighted by Gasteiger charge is 2.28. The van der Waals surface area contributed by atoms with Crippen LogP contribution >= 0.6 is 11.6 Å². The Morgan fingerprint density at radius 1 is 1.00 bits per heavy atom. The first-order chi connectivity index (χ1) is 17.0. The van der Waals surface area contributed by atoms with Gasteiger partial charge in [-0.2, -0.15) is 0 Å². The van der Waals surface area contributed by atoms with Crippen LogP contribution in [0.2, 0.25) is 5.02 Å². The van der Waals surface area contributed by atoms with Crippen molar-refractivity contribution in [3.05, 3.63) is 94.4 Å². The van der Waals surface area contributed by atoms with E-state index in [2.05, 4.69) is 0 Å². The van der Waals surface area contributed by atoms with Crippen molar-refractivity contribution in [2.45, 2.75) is 38.8 Å². The third-order valence-electron chi connectivity index (χ3n) is 6.17. The minimum Gasteiger partial charge on any atom is -0.464 e. The van der Waals surface area contributed by atoms with E-state index in [0.29, 0.717) is 49.0 Å².